The summed E-state index contributed by atoms with van der Waals surface area (Å²) in [5.74, 6) is 2.71. The Kier molecular flexibility index (Phi) is 6.02. The highest BCUT2D eigenvalue weighted by Gasteiger charge is 2.38. The molecule has 102 valence electrons. The van der Waals surface area contributed by atoms with E-state index in [1.807, 2.05) is 0 Å². The standard InChI is InChI=1S/C16H31Br/c1-6-13(7-2)11-16(4,5)14-9-8-12(3)10-15(14)17/h12-15H,6-11H2,1-5H3. The van der Waals surface area contributed by atoms with Crippen LogP contribution in [0.3, 0.4) is 0 Å². The Morgan fingerprint density at radius 2 is 1.76 bits per heavy atom. The first kappa shape index (κ1) is 15.5. The molecule has 3 unspecified atom stereocenters. The smallest absolute Gasteiger partial charge is 0.0181 e. The van der Waals surface area contributed by atoms with Crippen molar-refractivity contribution in [2.75, 3.05) is 0 Å². The fourth-order valence-electron chi connectivity index (χ4n) is 3.66. The van der Waals surface area contributed by atoms with Crippen molar-refractivity contribution in [1.29, 1.82) is 0 Å². The predicted molar refractivity (Wildman–Crippen MR) is 81.7 cm³/mol. The third kappa shape index (κ3) is 4.26. The van der Waals surface area contributed by atoms with Crippen LogP contribution in [0, 0.1) is 23.2 Å². The summed E-state index contributed by atoms with van der Waals surface area (Å²) in [5.41, 5.74) is 0.505. The van der Waals surface area contributed by atoms with E-state index in [0.29, 0.717) is 5.41 Å². The van der Waals surface area contributed by atoms with Crippen molar-refractivity contribution < 1.29 is 0 Å². The predicted octanol–water partition coefficient (Wildman–Crippen LogP) is 6.04. The maximum atomic E-state index is 3.96. The second-order valence-electron chi connectivity index (χ2n) is 6.92. The molecular weight excluding hydrogens is 272 g/mol. The Morgan fingerprint density at radius 3 is 2.24 bits per heavy atom. The summed E-state index contributed by atoms with van der Waals surface area (Å²) >= 11 is 3.96. The molecule has 1 fully saturated rings. The van der Waals surface area contributed by atoms with Crippen LogP contribution < -0.4 is 0 Å². The van der Waals surface area contributed by atoms with E-state index < -0.39 is 0 Å². The molecule has 0 spiro atoms. The van der Waals surface area contributed by atoms with Gasteiger partial charge >= 0.3 is 0 Å². The molecule has 1 rings (SSSR count). The summed E-state index contributed by atoms with van der Waals surface area (Å²) in [7, 11) is 0. The quantitative estimate of drug-likeness (QED) is 0.543. The number of alkyl halides is 1. The minimum absolute atomic E-state index is 0.505. The van der Waals surface area contributed by atoms with Gasteiger partial charge in [0.1, 0.15) is 0 Å². The van der Waals surface area contributed by atoms with E-state index in [9.17, 15) is 0 Å². The highest BCUT2D eigenvalue weighted by atomic mass is 79.9. The zero-order valence-corrected chi connectivity index (χ0v) is 14.0. The van der Waals surface area contributed by atoms with E-state index in [2.05, 4.69) is 50.5 Å². The van der Waals surface area contributed by atoms with Crippen LogP contribution in [0.4, 0.5) is 0 Å². The fraction of sp³-hybridized carbons (Fsp3) is 1.00. The van der Waals surface area contributed by atoms with E-state index in [4.69, 9.17) is 0 Å². The van der Waals surface area contributed by atoms with Crippen LogP contribution in [0.2, 0.25) is 0 Å². The lowest BCUT2D eigenvalue weighted by Gasteiger charge is -2.43. The van der Waals surface area contributed by atoms with Gasteiger partial charge in [0.25, 0.3) is 0 Å². The second kappa shape index (κ2) is 6.59. The van der Waals surface area contributed by atoms with Crippen LogP contribution >= 0.6 is 15.9 Å². The Labute approximate surface area is 117 Å². The first-order valence-corrected chi connectivity index (χ1v) is 8.46. The molecule has 3 atom stereocenters. The third-order valence-corrected chi connectivity index (χ3v) is 6.02. The van der Waals surface area contributed by atoms with Gasteiger partial charge in [-0.1, -0.05) is 69.8 Å². The van der Waals surface area contributed by atoms with Crippen LogP contribution in [-0.2, 0) is 0 Å². The molecule has 17 heavy (non-hydrogen) atoms. The summed E-state index contributed by atoms with van der Waals surface area (Å²) < 4.78 is 0. The van der Waals surface area contributed by atoms with E-state index in [1.54, 1.807) is 0 Å². The van der Waals surface area contributed by atoms with Gasteiger partial charge in [-0.2, -0.15) is 0 Å². The van der Waals surface area contributed by atoms with Crippen molar-refractivity contribution in [1.82, 2.24) is 0 Å². The first-order valence-electron chi connectivity index (χ1n) is 7.54. The Morgan fingerprint density at radius 1 is 1.18 bits per heavy atom. The summed E-state index contributed by atoms with van der Waals surface area (Å²) in [5, 5.41) is 0. The largest absolute Gasteiger partial charge is 0.0887 e. The van der Waals surface area contributed by atoms with Gasteiger partial charge in [-0.15, -0.1) is 0 Å². The Balaban J connectivity index is 2.62. The van der Waals surface area contributed by atoms with Crippen LogP contribution in [0.15, 0.2) is 0 Å². The molecule has 1 heteroatoms. The first-order chi connectivity index (χ1) is 7.90. The van der Waals surface area contributed by atoms with Crippen molar-refractivity contribution in [2.45, 2.75) is 78.0 Å². The molecule has 0 aromatic carbocycles. The molecule has 0 amide bonds. The van der Waals surface area contributed by atoms with E-state index in [0.717, 1.165) is 22.6 Å². The molecule has 0 aromatic rings. The molecular formula is C16H31Br. The average Bonchev–Trinajstić information content (AvgIpc) is 2.25. The van der Waals surface area contributed by atoms with Crippen molar-refractivity contribution in [3.8, 4) is 0 Å². The van der Waals surface area contributed by atoms with E-state index >= 15 is 0 Å². The third-order valence-electron chi connectivity index (χ3n) is 5.01. The van der Waals surface area contributed by atoms with Crippen molar-refractivity contribution >= 4 is 15.9 Å². The van der Waals surface area contributed by atoms with Crippen LogP contribution in [0.25, 0.3) is 0 Å². The van der Waals surface area contributed by atoms with Gasteiger partial charge in [-0.3, -0.25) is 0 Å². The van der Waals surface area contributed by atoms with Gasteiger partial charge in [0.05, 0.1) is 0 Å². The molecule has 0 nitrogen and oxygen atoms in total. The molecule has 1 aliphatic rings. The second-order valence-corrected chi connectivity index (χ2v) is 8.09. The van der Waals surface area contributed by atoms with Gasteiger partial charge < -0.3 is 0 Å². The van der Waals surface area contributed by atoms with Crippen LogP contribution in [0.5, 0.6) is 0 Å². The normalized spacial score (nSPS) is 30.9. The van der Waals surface area contributed by atoms with E-state index in [1.165, 1.54) is 38.5 Å². The molecule has 0 bridgehead atoms. The van der Waals surface area contributed by atoms with Crippen molar-refractivity contribution in [3.63, 3.8) is 0 Å². The minimum atomic E-state index is 0.505. The lowest BCUT2D eigenvalue weighted by Crippen LogP contribution is -2.36. The summed E-state index contributed by atoms with van der Waals surface area (Å²) in [6.07, 6.45) is 8.31. The zero-order valence-electron chi connectivity index (χ0n) is 12.4. The maximum absolute atomic E-state index is 3.96. The molecule has 0 radical (unpaired) electrons. The van der Waals surface area contributed by atoms with E-state index in [-0.39, 0.29) is 0 Å². The molecule has 0 saturated heterocycles. The Hall–Kier alpha value is 0.480. The lowest BCUT2D eigenvalue weighted by molar-refractivity contribution is 0.112. The molecule has 0 aromatic heterocycles. The van der Waals surface area contributed by atoms with Crippen LogP contribution in [-0.4, -0.2) is 4.83 Å². The summed E-state index contributed by atoms with van der Waals surface area (Å²) in [4.78, 5) is 0.746. The lowest BCUT2D eigenvalue weighted by atomic mass is 9.65. The maximum Gasteiger partial charge on any atom is 0.0181 e. The summed E-state index contributed by atoms with van der Waals surface area (Å²) in [6.45, 7) is 12.1. The topological polar surface area (TPSA) is 0 Å². The average molecular weight is 303 g/mol. The number of rotatable bonds is 5. The molecule has 1 aliphatic carbocycles. The van der Waals surface area contributed by atoms with Gasteiger partial charge in [-0.05, 0) is 42.4 Å². The number of hydrogen-bond acceptors (Lipinski definition) is 0. The van der Waals surface area contributed by atoms with Crippen LogP contribution in [0.1, 0.15) is 73.1 Å². The molecule has 0 heterocycles. The molecule has 0 N–H and O–H groups in total. The Bertz CT molecular complexity index is 218. The highest BCUT2D eigenvalue weighted by molar-refractivity contribution is 9.09. The fourth-order valence-corrected chi connectivity index (χ4v) is 5.28. The molecule has 0 aliphatic heterocycles. The van der Waals surface area contributed by atoms with Crippen molar-refractivity contribution in [2.24, 2.45) is 23.2 Å². The molecule has 1 saturated carbocycles. The van der Waals surface area contributed by atoms with Crippen molar-refractivity contribution in [3.05, 3.63) is 0 Å². The monoisotopic (exact) mass is 302 g/mol. The highest BCUT2D eigenvalue weighted by Crippen LogP contribution is 2.47. The zero-order chi connectivity index (χ0) is 13.1. The van der Waals surface area contributed by atoms with Gasteiger partial charge in [0.15, 0.2) is 0 Å². The number of halogens is 1. The minimum Gasteiger partial charge on any atom is -0.0887 e. The van der Waals surface area contributed by atoms with Gasteiger partial charge in [-0.25, -0.2) is 0 Å². The summed E-state index contributed by atoms with van der Waals surface area (Å²) in [6, 6.07) is 0. The number of hydrogen-bond donors (Lipinski definition) is 0. The van der Waals surface area contributed by atoms with Gasteiger partial charge in [0.2, 0.25) is 0 Å². The SMILES string of the molecule is CCC(CC)CC(C)(C)C1CCC(C)CC1Br. The van der Waals surface area contributed by atoms with Gasteiger partial charge in [0, 0.05) is 4.83 Å².